The monoisotopic (exact) mass is 246 g/mol. The molecule has 1 aromatic rings. The summed E-state index contributed by atoms with van der Waals surface area (Å²) in [7, 11) is 0. The number of carboxylic acid groups (broad SMARTS) is 1. The van der Waals surface area contributed by atoms with Gasteiger partial charge in [-0.25, -0.2) is 4.79 Å². The van der Waals surface area contributed by atoms with Crippen molar-refractivity contribution in [1.29, 1.82) is 0 Å². The first-order valence-electron chi connectivity index (χ1n) is 5.81. The largest absolute Gasteiger partial charge is 0.478 e. The third-order valence-electron chi connectivity index (χ3n) is 2.95. The second-order valence-electron chi connectivity index (χ2n) is 4.20. The number of aromatic carboxylic acids is 1. The zero-order valence-corrected chi connectivity index (χ0v) is 9.80. The van der Waals surface area contributed by atoms with Gasteiger partial charge in [0.1, 0.15) is 0 Å². The van der Waals surface area contributed by atoms with Gasteiger partial charge in [0.25, 0.3) is 0 Å². The average Bonchev–Trinajstić information content (AvgIpc) is 2.40. The van der Waals surface area contributed by atoms with Gasteiger partial charge in [-0.1, -0.05) is 12.2 Å². The molecule has 5 nitrogen and oxygen atoms in total. The van der Waals surface area contributed by atoms with E-state index in [0.29, 0.717) is 6.42 Å². The molecule has 0 aromatic carbocycles. The first kappa shape index (κ1) is 12.3. The molecule has 1 aliphatic carbocycles. The van der Waals surface area contributed by atoms with E-state index >= 15 is 0 Å². The fraction of sp³-hybridized carbons (Fsp3) is 0.308. The zero-order valence-electron chi connectivity index (χ0n) is 9.80. The molecular weight excluding hydrogens is 232 g/mol. The minimum absolute atomic E-state index is 0.0599. The number of carbonyl (C=O) groups excluding carboxylic acids is 1. The molecule has 2 rings (SSSR count). The van der Waals surface area contributed by atoms with Crippen molar-refractivity contribution in [1.82, 2.24) is 4.98 Å². The van der Waals surface area contributed by atoms with Crippen LogP contribution in [0.2, 0.25) is 0 Å². The molecular formula is C13H14N2O3. The highest BCUT2D eigenvalue weighted by molar-refractivity contribution is 6.00. The molecule has 1 aromatic heterocycles. The fourth-order valence-corrected chi connectivity index (χ4v) is 1.95. The van der Waals surface area contributed by atoms with Crippen molar-refractivity contribution in [3.8, 4) is 0 Å². The maximum Gasteiger partial charge on any atom is 0.337 e. The topological polar surface area (TPSA) is 79.3 Å². The average molecular weight is 246 g/mol. The predicted molar refractivity (Wildman–Crippen MR) is 66.3 cm³/mol. The number of carbonyl (C=O) groups is 2. The molecule has 1 heterocycles. The maximum absolute atomic E-state index is 12.0. The summed E-state index contributed by atoms with van der Waals surface area (Å²) in [5.74, 6) is -1.30. The normalized spacial score (nSPS) is 18.3. The van der Waals surface area contributed by atoms with Crippen LogP contribution in [0.15, 0.2) is 30.6 Å². The van der Waals surface area contributed by atoms with Gasteiger partial charge in [0.2, 0.25) is 5.91 Å². The standard InChI is InChI=1S/C13H14N2O3/c16-12(9-4-2-1-3-5-9)15-11-8-14-7-6-10(11)13(17)18/h1-2,6-9H,3-5H2,(H,15,16)(H,17,18). The Morgan fingerprint density at radius 3 is 2.89 bits per heavy atom. The number of rotatable bonds is 3. The summed E-state index contributed by atoms with van der Waals surface area (Å²) in [5, 5.41) is 11.6. The van der Waals surface area contributed by atoms with Crippen LogP contribution in [0.25, 0.3) is 0 Å². The lowest BCUT2D eigenvalue weighted by molar-refractivity contribution is -0.120. The number of nitrogens with zero attached hydrogens (tertiary/aromatic N) is 1. The summed E-state index contributed by atoms with van der Waals surface area (Å²) < 4.78 is 0. The van der Waals surface area contributed by atoms with Crippen molar-refractivity contribution in [3.05, 3.63) is 36.2 Å². The Kier molecular flexibility index (Phi) is 3.72. The van der Waals surface area contributed by atoms with E-state index in [1.807, 2.05) is 6.08 Å². The predicted octanol–water partition coefficient (Wildman–Crippen LogP) is 2.07. The van der Waals surface area contributed by atoms with Gasteiger partial charge >= 0.3 is 5.97 Å². The van der Waals surface area contributed by atoms with E-state index in [1.54, 1.807) is 0 Å². The Bertz CT molecular complexity index is 497. The number of pyridine rings is 1. The molecule has 5 heteroatoms. The zero-order chi connectivity index (χ0) is 13.0. The van der Waals surface area contributed by atoms with Gasteiger partial charge in [0.15, 0.2) is 0 Å². The Labute approximate surface area is 105 Å². The van der Waals surface area contributed by atoms with Gasteiger partial charge in [0.05, 0.1) is 17.4 Å². The number of aromatic nitrogens is 1. The molecule has 1 aliphatic rings. The molecule has 1 unspecified atom stereocenters. The van der Waals surface area contributed by atoms with Crippen LogP contribution in [0, 0.1) is 5.92 Å². The molecule has 0 fully saturated rings. The fourth-order valence-electron chi connectivity index (χ4n) is 1.95. The number of hydrogen-bond acceptors (Lipinski definition) is 3. The van der Waals surface area contributed by atoms with Gasteiger partial charge in [0, 0.05) is 12.1 Å². The lowest BCUT2D eigenvalue weighted by Crippen LogP contribution is -2.24. The number of carboxylic acids is 1. The lowest BCUT2D eigenvalue weighted by atomic mass is 9.93. The summed E-state index contributed by atoms with van der Waals surface area (Å²) >= 11 is 0. The molecule has 1 amide bonds. The van der Waals surface area contributed by atoms with E-state index in [9.17, 15) is 9.59 Å². The first-order valence-corrected chi connectivity index (χ1v) is 5.81. The van der Waals surface area contributed by atoms with E-state index in [2.05, 4.69) is 16.4 Å². The van der Waals surface area contributed by atoms with Crippen LogP contribution >= 0.6 is 0 Å². The summed E-state index contributed by atoms with van der Waals surface area (Å²) in [4.78, 5) is 26.8. The molecule has 94 valence electrons. The number of amides is 1. The SMILES string of the molecule is O=C(O)c1ccncc1NC(=O)C1CC=CCC1. The van der Waals surface area contributed by atoms with E-state index in [-0.39, 0.29) is 23.1 Å². The van der Waals surface area contributed by atoms with Crippen molar-refractivity contribution in [2.75, 3.05) is 5.32 Å². The van der Waals surface area contributed by atoms with E-state index in [0.717, 1.165) is 12.8 Å². The number of anilines is 1. The second kappa shape index (κ2) is 5.44. The highest BCUT2D eigenvalue weighted by atomic mass is 16.4. The molecule has 0 aliphatic heterocycles. The molecule has 0 bridgehead atoms. The summed E-state index contributed by atoms with van der Waals surface area (Å²) in [6.07, 6.45) is 9.17. The minimum atomic E-state index is -1.07. The van der Waals surface area contributed by atoms with Gasteiger partial charge in [-0.15, -0.1) is 0 Å². The van der Waals surface area contributed by atoms with Crippen molar-refractivity contribution in [2.45, 2.75) is 19.3 Å². The second-order valence-corrected chi connectivity index (χ2v) is 4.20. The van der Waals surface area contributed by atoms with Crippen molar-refractivity contribution in [2.24, 2.45) is 5.92 Å². The van der Waals surface area contributed by atoms with E-state index < -0.39 is 5.97 Å². The molecule has 0 radical (unpaired) electrons. The van der Waals surface area contributed by atoms with Crippen LogP contribution in [0.4, 0.5) is 5.69 Å². The Morgan fingerprint density at radius 2 is 2.22 bits per heavy atom. The molecule has 0 saturated heterocycles. The number of allylic oxidation sites excluding steroid dienone is 2. The molecule has 0 saturated carbocycles. The van der Waals surface area contributed by atoms with Crippen molar-refractivity contribution in [3.63, 3.8) is 0 Å². The Balaban J connectivity index is 2.11. The van der Waals surface area contributed by atoms with Crippen LogP contribution in [0.3, 0.4) is 0 Å². The van der Waals surface area contributed by atoms with Gasteiger partial charge < -0.3 is 10.4 Å². The molecule has 0 spiro atoms. The third-order valence-corrected chi connectivity index (χ3v) is 2.95. The maximum atomic E-state index is 12.0. The molecule has 1 atom stereocenters. The Morgan fingerprint density at radius 1 is 1.39 bits per heavy atom. The lowest BCUT2D eigenvalue weighted by Gasteiger charge is -2.17. The van der Waals surface area contributed by atoms with Crippen LogP contribution in [-0.2, 0) is 4.79 Å². The Hall–Kier alpha value is -2.17. The number of hydrogen-bond donors (Lipinski definition) is 2. The van der Waals surface area contributed by atoms with Gasteiger partial charge in [-0.2, -0.15) is 0 Å². The summed E-state index contributed by atoms with van der Waals surface area (Å²) in [6.45, 7) is 0. The van der Waals surface area contributed by atoms with E-state index in [1.165, 1.54) is 18.5 Å². The van der Waals surface area contributed by atoms with Crippen LogP contribution < -0.4 is 5.32 Å². The van der Waals surface area contributed by atoms with Crippen molar-refractivity contribution < 1.29 is 14.7 Å². The van der Waals surface area contributed by atoms with E-state index in [4.69, 9.17) is 5.11 Å². The minimum Gasteiger partial charge on any atom is -0.478 e. The highest BCUT2D eigenvalue weighted by Crippen LogP contribution is 2.21. The number of nitrogens with one attached hydrogen (secondary N) is 1. The van der Waals surface area contributed by atoms with Crippen LogP contribution in [0.5, 0.6) is 0 Å². The molecule has 18 heavy (non-hydrogen) atoms. The van der Waals surface area contributed by atoms with Crippen molar-refractivity contribution >= 4 is 17.6 Å². The third kappa shape index (κ3) is 2.74. The summed E-state index contributed by atoms with van der Waals surface area (Å²) in [6, 6.07) is 1.37. The first-order chi connectivity index (χ1) is 8.68. The summed E-state index contributed by atoms with van der Waals surface area (Å²) in [5.41, 5.74) is 0.314. The smallest absolute Gasteiger partial charge is 0.337 e. The van der Waals surface area contributed by atoms with Gasteiger partial charge in [-0.05, 0) is 25.3 Å². The highest BCUT2D eigenvalue weighted by Gasteiger charge is 2.20. The molecule has 2 N–H and O–H groups in total. The quantitative estimate of drug-likeness (QED) is 0.800. The van der Waals surface area contributed by atoms with Crippen LogP contribution in [-0.4, -0.2) is 22.0 Å². The van der Waals surface area contributed by atoms with Gasteiger partial charge in [-0.3, -0.25) is 9.78 Å². The van der Waals surface area contributed by atoms with Crippen LogP contribution in [0.1, 0.15) is 29.6 Å².